The van der Waals surface area contributed by atoms with E-state index < -0.39 is 24.3 Å². The fourth-order valence-electron chi connectivity index (χ4n) is 2.59. The molecule has 1 fully saturated rings. The second-order valence-corrected chi connectivity index (χ2v) is 6.45. The minimum Gasteiger partial charge on any atom is -0.445 e. The summed E-state index contributed by atoms with van der Waals surface area (Å²) >= 11 is 0. The standard InChI is InChI=1S/C19H28N2O5/c1-3-14(2)17(18(22)21-26-16-11-7-8-12-24-16)20-19(23)25-13-15-9-5-4-6-10-15/h4-6,9-10,14,16-17H,3,7-8,11-13H2,1-2H3,(H,20,23)(H,21,22)/t14-,16?,17-/m0/s1. The van der Waals surface area contributed by atoms with Gasteiger partial charge in [-0.15, -0.1) is 0 Å². The maximum atomic E-state index is 12.4. The number of alkyl carbamates (subject to hydrolysis) is 1. The van der Waals surface area contributed by atoms with E-state index in [1.807, 2.05) is 44.2 Å². The van der Waals surface area contributed by atoms with Crippen molar-refractivity contribution >= 4 is 12.0 Å². The van der Waals surface area contributed by atoms with Crippen LogP contribution in [-0.2, 0) is 25.7 Å². The summed E-state index contributed by atoms with van der Waals surface area (Å²) < 4.78 is 10.6. The lowest BCUT2D eigenvalue weighted by molar-refractivity contribution is -0.201. The summed E-state index contributed by atoms with van der Waals surface area (Å²) in [5.74, 6) is -0.486. The Balaban J connectivity index is 1.82. The number of rotatable bonds is 8. The summed E-state index contributed by atoms with van der Waals surface area (Å²) in [6.07, 6.45) is 2.38. The van der Waals surface area contributed by atoms with Crippen LogP contribution in [0.2, 0.25) is 0 Å². The summed E-state index contributed by atoms with van der Waals surface area (Å²) in [6.45, 7) is 4.61. The third-order valence-electron chi connectivity index (χ3n) is 4.41. The van der Waals surface area contributed by atoms with Gasteiger partial charge in [-0.3, -0.25) is 4.79 Å². The molecule has 0 bridgehead atoms. The molecule has 0 aromatic heterocycles. The summed E-state index contributed by atoms with van der Waals surface area (Å²) in [6, 6.07) is 8.62. The van der Waals surface area contributed by atoms with Crippen molar-refractivity contribution < 1.29 is 23.9 Å². The Morgan fingerprint density at radius 1 is 1.27 bits per heavy atom. The summed E-state index contributed by atoms with van der Waals surface area (Å²) in [5.41, 5.74) is 3.29. The van der Waals surface area contributed by atoms with Gasteiger partial charge in [-0.2, -0.15) is 0 Å². The predicted octanol–water partition coefficient (Wildman–Crippen LogP) is 2.90. The smallest absolute Gasteiger partial charge is 0.408 e. The minimum absolute atomic E-state index is 0.0739. The number of hydroxylamine groups is 1. The number of hydrogen-bond donors (Lipinski definition) is 2. The topological polar surface area (TPSA) is 85.9 Å². The molecule has 1 aromatic carbocycles. The van der Waals surface area contributed by atoms with Crippen LogP contribution in [0.3, 0.4) is 0 Å². The quantitative estimate of drug-likeness (QED) is 0.693. The first-order valence-corrected chi connectivity index (χ1v) is 9.14. The van der Waals surface area contributed by atoms with E-state index in [9.17, 15) is 9.59 Å². The first kappa shape index (κ1) is 20.2. The van der Waals surface area contributed by atoms with E-state index in [-0.39, 0.29) is 12.5 Å². The van der Waals surface area contributed by atoms with Gasteiger partial charge in [-0.05, 0) is 24.3 Å². The van der Waals surface area contributed by atoms with E-state index in [0.29, 0.717) is 6.61 Å². The number of carbonyl (C=O) groups excluding carboxylic acids is 2. The Morgan fingerprint density at radius 2 is 2.04 bits per heavy atom. The molecule has 2 rings (SSSR count). The van der Waals surface area contributed by atoms with Crippen LogP contribution in [0.1, 0.15) is 45.1 Å². The number of amides is 2. The number of nitrogens with one attached hydrogen (secondary N) is 2. The van der Waals surface area contributed by atoms with Crippen molar-refractivity contribution in [1.82, 2.24) is 10.8 Å². The fraction of sp³-hybridized carbons (Fsp3) is 0.579. The van der Waals surface area contributed by atoms with Crippen LogP contribution in [0.4, 0.5) is 4.79 Å². The van der Waals surface area contributed by atoms with Crippen LogP contribution < -0.4 is 10.8 Å². The lowest BCUT2D eigenvalue weighted by Gasteiger charge is -2.26. The lowest BCUT2D eigenvalue weighted by Crippen LogP contribution is -2.51. The Labute approximate surface area is 154 Å². The Morgan fingerprint density at radius 3 is 2.69 bits per heavy atom. The molecular weight excluding hydrogens is 336 g/mol. The Kier molecular flexibility index (Phi) is 8.37. The van der Waals surface area contributed by atoms with Gasteiger partial charge >= 0.3 is 6.09 Å². The highest BCUT2D eigenvalue weighted by atomic mass is 16.8. The van der Waals surface area contributed by atoms with Gasteiger partial charge in [0.1, 0.15) is 12.6 Å². The zero-order valence-corrected chi connectivity index (χ0v) is 15.4. The second-order valence-electron chi connectivity index (χ2n) is 6.45. The molecule has 144 valence electrons. The van der Waals surface area contributed by atoms with Crippen LogP contribution >= 0.6 is 0 Å². The van der Waals surface area contributed by atoms with Gasteiger partial charge in [0, 0.05) is 13.0 Å². The molecule has 0 spiro atoms. The highest BCUT2D eigenvalue weighted by Crippen LogP contribution is 2.13. The van der Waals surface area contributed by atoms with Crippen molar-refractivity contribution in [3.63, 3.8) is 0 Å². The number of hydrogen-bond acceptors (Lipinski definition) is 5. The van der Waals surface area contributed by atoms with Crippen molar-refractivity contribution in [2.75, 3.05) is 6.61 Å². The van der Waals surface area contributed by atoms with Crippen molar-refractivity contribution in [1.29, 1.82) is 0 Å². The third-order valence-corrected chi connectivity index (χ3v) is 4.41. The largest absolute Gasteiger partial charge is 0.445 e. The van der Waals surface area contributed by atoms with Gasteiger partial charge in [0.2, 0.25) is 0 Å². The van der Waals surface area contributed by atoms with E-state index in [2.05, 4.69) is 10.8 Å². The van der Waals surface area contributed by atoms with Crippen molar-refractivity contribution in [2.24, 2.45) is 5.92 Å². The van der Waals surface area contributed by atoms with Crippen molar-refractivity contribution in [3.05, 3.63) is 35.9 Å². The van der Waals surface area contributed by atoms with E-state index in [1.165, 1.54) is 0 Å². The molecule has 1 saturated heterocycles. The average Bonchev–Trinajstić information content (AvgIpc) is 2.69. The molecular formula is C19H28N2O5. The zero-order chi connectivity index (χ0) is 18.8. The molecule has 26 heavy (non-hydrogen) atoms. The Bertz CT molecular complexity index is 560. The molecule has 2 amide bonds. The van der Waals surface area contributed by atoms with Gasteiger partial charge in [0.15, 0.2) is 6.29 Å². The van der Waals surface area contributed by atoms with Crippen LogP contribution in [0, 0.1) is 5.92 Å². The zero-order valence-electron chi connectivity index (χ0n) is 15.4. The predicted molar refractivity (Wildman–Crippen MR) is 95.8 cm³/mol. The molecule has 1 aliphatic heterocycles. The maximum absolute atomic E-state index is 12.4. The van der Waals surface area contributed by atoms with E-state index in [4.69, 9.17) is 14.3 Å². The number of ether oxygens (including phenoxy) is 2. The van der Waals surface area contributed by atoms with E-state index >= 15 is 0 Å². The Hall–Kier alpha value is -2.12. The van der Waals surface area contributed by atoms with Crippen LogP contribution in [-0.4, -0.2) is 30.9 Å². The SMILES string of the molecule is CC[C@H](C)[C@H](NC(=O)OCc1ccccc1)C(=O)NOC1CCCCO1. The highest BCUT2D eigenvalue weighted by Gasteiger charge is 2.28. The first-order chi connectivity index (χ1) is 12.6. The fourth-order valence-corrected chi connectivity index (χ4v) is 2.59. The van der Waals surface area contributed by atoms with E-state index in [0.717, 1.165) is 31.2 Å². The van der Waals surface area contributed by atoms with E-state index in [1.54, 1.807) is 0 Å². The molecule has 1 heterocycles. The van der Waals surface area contributed by atoms with Crippen LogP contribution in [0.15, 0.2) is 30.3 Å². The molecule has 3 atom stereocenters. The minimum atomic E-state index is -0.744. The summed E-state index contributed by atoms with van der Waals surface area (Å²) in [4.78, 5) is 29.8. The molecule has 7 nitrogen and oxygen atoms in total. The molecule has 0 saturated carbocycles. The maximum Gasteiger partial charge on any atom is 0.408 e. The first-order valence-electron chi connectivity index (χ1n) is 9.14. The molecule has 1 aromatic rings. The van der Waals surface area contributed by atoms with Crippen LogP contribution in [0.25, 0.3) is 0 Å². The van der Waals surface area contributed by atoms with Crippen molar-refractivity contribution in [2.45, 2.75) is 58.5 Å². The average molecular weight is 364 g/mol. The van der Waals surface area contributed by atoms with Gasteiger partial charge in [0.25, 0.3) is 5.91 Å². The van der Waals surface area contributed by atoms with Crippen LogP contribution in [0.5, 0.6) is 0 Å². The number of benzene rings is 1. The molecule has 7 heteroatoms. The van der Waals surface area contributed by atoms with Gasteiger partial charge in [-0.25, -0.2) is 15.1 Å². The van der Waals surface area contributed by atoms with Gasteiger partial charge in [0.05, 0.1) is 0 Å². The third kappa shape index (κ3) is 6.65. The monoisotopic (exact) mass is 364 g/mol. The summed E-state index contributed by atoms with van der Waals surface area (Å²) in [7, 11) is 0. The molecule has 0 aliphatic carbocycles. The molecule has 0 radical (unpaired) electrons. The molecule has 1 unspecified atom stereocenters. The molecule has 1 aliphatic rings. The lowest BCUT2D eigenvalue weighted by atomic mass is 9.99. The van der Waals surface area contributed by atoms with Gasteiger partial charge in [-0.1, -0.05) is 50.6 Å². The van der Waals surface area contributed by atoms with Crippen molar-refractivity contribution in [3.8, 4) is 0 Å². The number of carbonyl (C=O) groups is 2. The molecule has 2 N–H and O–H groups in total. The highest BCUT2D eigenvalue weighted by molar-refractivity contribution is 5.85. The van der Waals surface area contributed by atoms with Gasteiger partial charge < -0.3 is 14.8 Å². The second kappa shape index (κ2) is 10.8. The summed E-state index contributed by atoms with van der Waals surface area (Å²) in [5, 5.41) is 2.63. The normalized spacial score (nSPS) is 19.2.